The first-order chi connectivity index (χ1) is 8.94. The Morgan fingerprint density at radius 3 is 2.79 bits per heavy atom. The Morgan fingerprint density at radius 2 is 2.16 bits per heavy atom. The zero-order chi connectivity index (χ0) is 13.9. The van der Waals surface area contributed by atoms with Crippen LogP contribution in [0.2, 0.25) is 0 Å². The molecule has 1 unspecified atom stereocenters. The van der Waals surface area contributed by atoms with Gasteiger partial charge in [-0.1, -0.05) is 6.07 Å². The lowest BCUT2D eigenvalue weighted by molar-refractivity contribution is -0.117. The van der Waals surface area contributed by atoms with Gasteiger partial charge in [-0.2, -0.15) is 8.42 Å². The Bertz CT molecular complexity index is 570. The Hall–Kier alpha value is -1.29. The Labute approximate surface area is 115 Å². The lowest BCUT2D eigenvalue weighted by Crippen LogP contribution is -2.37. The molecule has 1 amide bonds. The van der Waals surface area contributed by atoms with Crippen molar-refractivity contribution >= 4 is 39.3 Å². The van der Waals surface area contributed by atoms with Crippen molar-refractivity contribution in [3.05, 3.63) is 24.3 Å². The van der Waals surface area contributed by atoms with E-state index in [1.54, 1.807) is 30.0 Å². The summed E-state index contributed by atoms with van der Waals surface area (Å²) >= 11 is 1.65. The van der Waals surface area contributed by atoms with Crippen molar-refractivity contribution < 1.29 is 13.2 Å². The van der Waals surface area contributed by atoms with Gasteiger partial charge in [0.25, 0.3) is 10.2 Å². The van der Waals surface area contributed by atoms with Gasteiger partial charge in [-0.05, 0) is 18.2 Å². The molecule has 0 radical (unpaired) electrons. The van der Waals surface area contributed by atoms with Gasteiger partial charge in [0.05, 0.1) is 11.7 Å². The van der Waals surface area contributed by atoms with Gasteiger partial charge in [-0.3, -0.25) is 14.8 Å². The van der Waals surface area contributed by atoms with E-state index in [2.05, 4.69) is 15.4 Å². The molecule has 0 saturated carbocycles. The summed E-state index contributed by atoms with van der Waals surface area (Å²) in [6.07, 6.45) is 0. The zero-order valence-corrected chi connectivity index (χ0v) is 11.6. The number of anilines is 2. The van der Waals surface area contributed by atoms with E-state index in [1.807, 2.05) is 0 Å². The highest BCUT2D eigenvalue weighted by atomic mass is 32.2. The molecule has 1 aliphatic rings. The molecule has 9 heteroatoms. The van der Waals surface area contributed by atoms with Crippen molar-refractivity contribution in [1.29, 1.82) is 0 Å². The van der Waals surface area contributed by atoms with E-state index in [9.17, 15) is 13.2 Å². The zero-order valence-electron chi connectivity index (χ0n) is 9.92. The number of carbonyl (C=O) groups is 1. The van der Waals surface area contributed by atoms with Gasteiger partial charge in [0.15, 0.2) is 0 Å². The first-order valence-corrected chi connectivity index (χ1v) is 8.17. The van der Waals surface area contributed by atoms with Gasteiger partial charge in [-0.15, -0.1) is 11.8 Å². The molecule has 0 bridgehead atoms. The molecule has 0 aliphatic carbocycles. The highest BCUT2D eigenvalue weighted by Gasteiger charge is 2.22. The van der Waals surface area contributed by atoms with Crippen LogP contribution in [0.15, 0.2) is 24.3 Å². The number of rotatable bonds is 4. The lowest BCUT2D eigenvalue weighted by atomic mass is 10.2. The number of nitrogens with two attached hydrogens (primary N) is 1. The fraction of sp³-hybridized carbons (Fsp3) is 0.300. The van der Waals surface area contributed by atoms with E-state index in [-0.39, 0.29) is 11.9 Å². The Balaban J connectivity index is 2.04. The topological polar surface area (TPSA) is 113 Å². The second-order valence-electron chi connectivity index (χ2n) is 3.99. The second kappa shape index (κ2) is 5.78. The van der Waals surface area contributed by atoms with Gasteiger partial charge in [-0.25, -0.2) is 5.14 Å². The van der Waals surface area contributed by atoms with Crippen molar-refractivity contribution in [2.24, 2.45) is 5.14 Å². The quantitative estimate of drug-likeness (QED) is 0.620. The van der Waals surface area contributed by atoms with Gasteiger partial charge in [0, 0.05) is 17.3 Å². The van der Waals surface area contributed by atoms with Gasteiger partial charge >= 0.3 is 0 Å². The van der Waals surface area contributed by atoms with Gasteiger partial charge in [0.2, 0.25) is 5.91 Å². The van der Waals surface area contributed by atoms with Crippen LogP contribution in [0.3, 0.4) is 0 Å². The van der Waals surface area contributed by atoms with Gasteiger partial charge in [0.1, 0.15) is 0 Å². The summed E-state index contributed by atoms with van der Waals surface area (Å²) in [6, 6.07) is 6.13. The maximum atomic E-state index is 11.9. The summed E-state index contributed by atoms with van der Waals surface area (Å²) in [5.41, 5.74) is 0.811. The van der Waals surface area contributed by atoms with E-state index in [4.69, 9.17) is 5.14 Å². The number of nitrogens with one attached hydrogen (secondary N) is 3. The van der Waals surface area contributed by atoms with E-state index < -0.39 is 10.2 Å². The monoisotopic (exact) mass is 302 g/mol. The third-order valence-electron chi connectivity index (χ3n) is 2.42. The van der Waals surface area contributed by atoms with Crippen LogP contribution in [-0.2, 0) is 15.0 Å². The molecule has 1 atom stereocenters. The molecule has 104 valence electrons. The molecule has 5 N–H and O–H groups in total. The predicted molar refractivity (Wildman–Crippen MR) is 76.1 cm³/mol. The van der Waals surface area contributed by atoms with Crippen molar-refractivity contribution in [3.63, 3.8) is 0 Å². The van der Waals surface area contributed by atoms with Crippen LogP contribution in [0.4, 0.5) is 11.4 Å². The van der Waals surface area contributed by atoms with Gasteiger partial charge < -0.3 is 5.32 Å². The van der Waals surface area contributed by atoms with Crippen LogP contribution in [0.5, 0.6) is 0 Å². The van der Waals surface area contributed by atoms with E-state index in [1.165, 1.54) is 6.07 Å². The van der Waals surface area contributed by atoms with Crippen LogP contribution < -0.4 is 20.5 Å². The highest BCUT2D eigenvalue weighted by Crippen LogP contribution is 2.17. The number of hydrogen-bond donors (Lipinski definition) is 4. The van der Waals surface area contributed by atoms with E-state index >= 15 is 0 Å². The van der Waals surface area contributed by atoms with E-state index in [0.29, 0.717) is 11.4 Å². The normalized spacial score (nSPS) is 19.1. The number of amides is 1. The molecule has 1 aliphatic heterocycles. The Kier molecular flexibility index (Phi) is 4.30. The van der Waals surface area contributed by atoms with Crippen LogP contribution in [0.1, 0.15) is 0 Å². The summed E-state index contributed by atoms with van der Waals surface area (Å²) in [7, 11) is -3.82. The fourth-order valence-corrected chi connectivity index (χ4v) is 3.01. The number of carbonyl (C=O) groups excluding carboxylic acids is 1. The number of hydrogen-bond acceptors (Lipinski definition) is 5. The minimum Gasteiger partial charge on any atom is -0.325 e. The van der Waals surface area contributed by atoms with Crippen LogP contribution in [0, 0.1) is 0 Å². The molecule has 7 nitrogen and oxygen atoms in total. The molecule has 1 aromatic carbocycles. The first-order valence-electron chi connectivity index (χ1n) is 5.47. The second-order valence-corrected chi connectivity index (χ2v) is 6.31. The minimum atomic E-state index is -3.82. The molecular formula is C10H14N4O3S2. The van der Waals surface area contributed by atoms with Crippen molar-refractivity contribution in [1.82, 2.24) is 5.32 Å². The maximum Gasteiger partial charge on any atom is 0.296 e. The summed E-state index contributed by atoms with van der Waals surface area (Å²) in [4.78, 5) is 11.9. The standard InChI is InChI=1S/C10H14N4O3S2/c11-19(16,17)14-8-3-1-2-7(4-8)13-10(15)9-5-18-6-12-9/h1-4,9,12,14H,5-6H2,(H,13,15)(H2,11,16,17). The maximum absolute atomic E-state index is 11.9. The molecule has 0 spiro atoms. The average Bonchev–Trinajstić information content (AvgIpc) is 2.80. The minimum absolute atomic E-state index is 0.141. The molecule has 2 rings (SSSR count). The third-order valence-corrected chi connectivity index (χ3v) is 3.88. The molecule has 0 aromatic heterocycles. The Morgan fingerprint density at radius 1 is 1.42 bits per heavy atom. The van der Waals surface area contributed by atoms with Crippen LogP contribution in [0.25, 0.3) is 0 Å². The molecular weight excluding hydrogens is 288 g/mol. The average molecular weight is 302 g/mol. The fourth-order valence-electron chi connectivity index (χ4n) is 1.62. The molecule has 19 heavy (non-hydrogen) atoms. The highest BCUT2D eigenvalue weighted by molar-refractivity contribution is 7.99. The van der Waals surface area contributed by atoms with E-state index in [0.717, 1.165) is 11.6 Å². The SMILES string of the molecule is NS(=O)(=O)Nc1cccc(NC(=O)C2CSCN2)c1. The first kappa shape index (κ1) is 14.1. The van der Waals surface area contributed by atoms with Crippen LogP contribution >= 0.6 is 11.8 Å². The molecule has 1 saturated heterocycles. The molecule has 1 heterocycles. The number of thioether (sulfide) groups is 1. The number of benzene rings is 1. The summed E-state index contributed by atoms with van der Waals surface area (Å²) < 4.78 is 24.0. The summed E-state index contributed by atoms with van der Waals surface area (Å²) in [5, 5.41) is 10.6. The van der Waals surface area contributed by atoms with Crippen molar-refractivity contribution in [2.45, 2.75) is 6.04 Å². The summed E-state index contributed by atoms with van der Waals surface area (Å²) in [6.45, 7) is 0. The van der Waals surface area contributed by atoms with Crippen LogP contribution in [-0.4, -0.2) is 32.0 Å². The molecule has 1 aromatic rings. The van der Waals surface area contributed by atoms with Crippen molar-refractivity contribution in [2.75, 3.05) is 21.7 Å². The molecule has 1 fully saturated rings. The predicted octanol–water partition coefficient (Wildman–Crippen LogP) is -0.0970. The lowest BCUT2D eigenvalue weighted by Gasteiger charge is -2.11. The summed E-state index contributed by atoms with van der Waals surface area (Å²) in [5.74, 6) is 1.34. The van der Waals surface area contributed by atoms with Crippen molar-refractivity contribution in [3.8, 4) is 0 Å². The smallest absolute Gasteiger partial charge is 0.296 e. The largest absolute Gasteiger partial charge is 0.325 e. The third kappa shape index (κ3) is 4.39.